The number of anilines is 3. The van der Waals surface area contributed by atoms with E-state index >= 15 is 0 Å². The molecule has 10 nitrogen and oxygen atoms in total. The van der Waals surface area contributed by atoms with Crippen LogP contribution in [0.4, 0.5) is 17.8 Å². The molecule has 0 spiro atoms. The van der Waals surface area contributed by atoms with Crippen LogP contribution in [0.1, 0.15) is 64.5 Å². The predicted octanol–water partition coefficient (Wildman–Crippen LogP) is 6.33. The van der Waals surface area contributed by atoms with Gasteiger partial charge in [0.2, 0.25) is 17.8 Å². The standard InChI is InChI=1S/C32H42ClN7O3/c1-5-41-27-21-23(20-26(33)28(27)43-19-18-42-25-12-10-24(11-13-25)32(2,3)4)22-34-38-29-35-30(39-14-6-7-15-39)37-31(36-29)40-16-8-9-17-40/h10-13,20-22H,5-9,14-19H2,1-4H3,(H,35,36,37,38). The summed E-state index contributed by atoms with van der Waals surface area (Å²) in [5, 5.41) is 4.84. The SMILES string of the molecule is CCOc1cc(C=NNc2nc(N3CCCC3)nc(N3CCCC3)n2)cc(Cl)c1OCCOc1ccc(C(C)(C)C)cc1. The molecule has 2 aliphatic heterocycles. The normalized spacial score (nSPS) is 15.4. The number of nitrogens with zero attached hydrogens (tertiary/aromatic N) is 6. The molecular formula is C32H42ClN7O3. The van der Waals surface area contributed by atoms with Gasteiger partial charge in [0.1, 0.15) is 19.0 Å². The monoisotopic (exact) mass is 607 g/mol. The van der Waals surface area contributed by atoms with E-state index in [1.807, 2.05) is 25.1 Å². The van der Waals surface area contributed by atoms with Gasteiger partial charge in [0.25, 0.3) is 0 Å². The van der Waals surface area contributed by atoms with Crippen molar-refractivity contribution >= 4 is 35.7 Å². The Balaban J connectivity index is 1.22. The van der Waals surface area contributed by atoms with E-state index in [-0.39, 0.29) is 5.41 Å². The van der Waals surface area contributed by atoms with Gasteiger partial charge in [0.05, 0.1) is 17.8 Å². The minimum absolute atomic E-state index is 0.0987. The fraction of sp³-hybridized carbons (Fsp3) is 0.500. The van der Waals surface area contributed by atoms with Crippen LogP contribution >= 0.6 is 11.6 Å². The lowest BCUT2D eigenvalue weighted by Crippen LogP contribution is -2.25. The Morgan fingerprint density at radius 3 is 2.05 bits per heavy atom. The average Bonchev–Trinajstić information content (AvgIpc) is 3.72. The molecule has 0 atom stereocenters. The van der Waals surface area contributed by atoms with Crippen LogP contribution in [0.15, 0.2) is 41.5 Å². The molecule has 0 radical (unpaired) electrons. The van der Waals surface area contributed by atoms with Crippen molar-refractivity contribution in [1.82, 2.24) is 15.0 Å². The predicted molar refractivity (Wildman–Crippen MR) is 173 cm³/mol. The number of aromatic nitrogens is 3. The Labute approximate surface area is 259 Å². The second-order valence-corrected chi connectivity index (χ2v) is 12.2. The maximum atomic E-state index is 6.64. The van der Waals surface area contributed by atoms with Crippen molar-refractivity contribution in [3.8, 4) is 17.2 Å². The van der Waals surface area contributed by atoms with Crippen LogP contribution in [0, 0.1) is 0 Å². The number of ether oxygens (including phenoxy) is 3. The van der Waals surface area contributed by atoms with Crippen molar-refractivity contribution in [2.45, 2.75) is 58.8 Å². The molecule has 3 heterocycles. The molecular weight excluding hydrogens is 566 g/mol. The molecule has 11 heteroatoms. The first-order chi connectivity index (χ1) is 20.8. The Morgan fingerprint density at radius 1 is 0.860 bits per heavy atom. The second kappa shape index (κ2) is 14.1. The highest BCUT2D eigenvalue weighted by molar-refractivity contribution is 6.32. The molecule has 2 saturated heterocycles. The van der Waals surface area contributed by atoms with Crippen LogP contribution in [-0.2, 0) is 5.41 Å². The van der Waals surface area contributed by atoms with E-state index in [4.69, 9.17) is 30.8 Å². The van der Waals surface area contributed by atoms with E-state index < -0.39 is 0 Å². The van der Waals surface area contributed by atoms with Crippen molar-refractivity contribution in [2.24, 2.45) is 5.10 Å². The lowest BCUT2D eigenvalue weighted by atomic mass is 9.87. The number of hydrogen-bond acceptors (Lipinski definition) is 10. The number of hydrogen-bond donors (Lipinski definition) is 1. The molecule has 5 rings (SSSR count). The Bertz CT molecular complexity index is 1350. The number of benzene rings is 2. The highest BCUT2D eigenvalue weighted by atomic mass is 35.5. The lowest BCUT2D eigenvalue weighted by molar-refractivity contribution is 0.208. The molecule has 1 aromatic heterocycles. The molecule has 1 N–H and O–H groups in total. The topological polar surface area (TPSA) is 97.2 Å². The van der Waals surface area contributed by atoms with Crippen molar-refractivity contribution in [1.29, 1.82) is 0 Å². The van der Waals surface area contributed by atoms with E-state index in [2.05, 4.69) is 63.2 Å². The number of hydrazone groups is 1. The van der Waals surface area contributed by atoms with Crippen LogP contribution in [0.5, 0.6) is 17.2 Å². The van der Waals surface area contributed by atoms with Gasteiger partial charge in [-0.15, -0.1) is 0 Å². The molecule has 0 aliphatic carbocycles. The minimum atomic E-state index is 0.0987. The lowest BCUT2D eigenvalue weighted by Gasteiger charge is -2.20. The zero-order valence-electron chi connectivity index (χ0n) is 25.6. The smallest absolute Gasteiger partial charge is 0.250 e. The van der Waals surface area contributed by atoms with E-state index in [1.54, 1.807) is 12.3 Å². The van der Waals surface area contributed by atoms with Crippen LogP contribution in [-0.4, -0.2) is 67.2 Å². The third kappa shape index (κ3) is 8.19. The Hall–Kier alpha value is -3.79. The van der Waals surface area contributed by atoms with Crippen LogP contribution in [0.25, 0.3) is 0 Å². The summed E-state index contributed by atoms with van der Waals surface area (Å²) >= 11 is 6.64. The third-order valence-electron chi connectivity index (χ3n) is 7.42. The number of halogens is 1. The highest BCUT2D eigenvalue weighted by Crippen LogP contribution is 2.36. The zero-order chi connectivity index (χ0) is 30.2. The van der Waals surface area contributed by atoms with Crippen LogP contribution in [0.3, 0.4) is 0 Å². The van der Waals surface area contributed by atoms with Gasteiger partial charge in [-0.25, -0.2) is 5.43 Å². The van der Waals surface area contributed by atoms with Gasteiger partial charge in [-0.3, -0.25) is 0 Å². The summed E-state index contributed by atoms with van der Waals surface area (Å²) in [6.07, 6.45) is 6.25. The van der Waals surface area contributed by atoms with Gasteiger partial charge in [0.15, 0.2) is 11.5 Å². The van der Waals surface area contributed by atoms with E-state index in [0.29, 0.717) is 54.2 Å². The van der Waals surface area contributed by atoms with Crippen LogP contribution < -0.4 is 29.4 Å². The fourth-order valence-electron chi connectivity index (χ4n) is 5.11. The van der Waals surface area contributed by atoms with Gasteiger partial charge >= 0.3 is 0 Å². The molecule has 0 unspecified atom stereocenters. The van der Waals surface area contributed by atoms with Gasteiger partial charge in [-0.05, 0) is 73.4 Å². The Morgan fingerprint density at radius 2 is 1.47 bits per heavy atom. The summed E-state index contributed by atoms with van der Waals surface area (Å²) in [6.45, 7) is 13.5. The summed E-state index contributed by atoms with van der Waals surface area (Å²) in [5.41, 5.74) is 5.10. The first-order valence-corrected chi connectivity index (χ1v) is 15.6. The van der Waals surface area contributed by atoms with E-state index in [0.717, 1.165) is 63.2 Å². The summed E-state index contributed by atoms with van der Waals surface area (Å²) in [7, 11) is 0. The van der Waals surface area contributed by atoms with Gasteiger partial charge in [-0.2, -0.15) is 20.1 Å². The van der Waals surface area contributed by atoms with Gasteiger partial charge in [-0.1, -0.05) is 44.5 Å². The summed E-state index contributed by atoms with van der Waals surface area (Å²) in [6, 6.07) is 11.8. The summed E-state index contributed by atoms with van der Waals surface area (Å²) in [4.78, 5) is 18.5. The largest absolute Gasteiger partial charge is 0.490 e. The van der Waals surface area contributed by atoms with Crippen LogP contribution in [0.2, 0.25) is 5.02 Å². The molecule has 0 saturated carbocycles. The van der Waals surface area contributed by atoms with Crippen molar-refractivity contribution in [3.63, 3.8) is 0 Å². The second-order valence-electron chi connectivity index (χ2n) is 11.8. The first-order valence-electron chi connectivity index (χ1n) is 15.2. The van der Waals surface area contributed by atoms with Crippen molar-refractivity contribution in [2.75, 3.05) is 61.2 Å². The zero-order valence-corrected chi connectivity index (χ0v) is 26.4. The quantitative estimate of drug-likeness (QED) is 0.144. The van der Waals surface area contributed by atoms with Gasteiger partial charge < -0.3 is 24.0 Å². The molecule has 2 fully saturated rings. The summed E-state index contributed by atoms with van der Waals surface area (Å²) < 4.78 is 17.7. The highest BCUT2D eigenvalue weighted by Gasteiger charge is 2.21. The number of rotatable bonds is 12. The molecule has 2 aliphatic rings. The maximum Gasteiger partial charge on any atom is 0.250 e. The fourth-order valence-corrected chi connectivity index (χ4v) is 5.38. The van der Waals surface area contributed by atoms with Crippen molar-refractivity contribution < 1.29 is 14.2 Å². The van der Waals surface area contributed by atoms with E-state index in [9.17, 15) is 0 Å². The molecule has 3 aromatic rings. The molecule has 0 amide bonds. The first kappa shape index (κ1) is 30.7. The Kier molecular flexibility index (Phi) is 10.1. The molecule has 0 bridgehead atoms. The molecule has 43 heavy (non-hydrogen) atoms. The van der Waals surface area contributed by atoms with Crippen molar-refractivity contribution in [3.05, 3.63) is 52.5 Å². The number of nitrogens with one attached hydrogen (secondary N) is 1. The van der Waals surface area contributed by atoms with E-state index in [1.165, 1.54) is 5.56 Å². The average molecular weight is 608 g/mol. The minimum Gasteiger partial charge on any atom is -0.490 e. The van der Waals surface area contributed by atoms with Gasteiger partial charge in [0, 0.05) is 26.2 Å². The summed E-state index contributed by atoms with van der Waals surface area (Å²) in [5.74, 6) is 3.62. The maximum absolute atomic E-state index is 6.64. The molecule has 2 aromatic carbocycles. The third-order valence-corrected chi connectivity index (χ3v) is 7.70. The molecule has 230 valence electrons.